The summed E-state index contributed by atoms with van der Waals surface area (Å²) < 4.78 is 0. The summed E-state index contributed by atoms with van der Waals surface area (Å²) in [5.41, 5.74) is 8.18. The van der Waals surface area contributed by atoms with E-state index in [-0.39, 0.29) is 0 Å². The number of aromatic nitrogens is 3. The number of nitrogens with zero attached hydrogens (tertiary/aromatic N) is 2. The van der Waals surface area contributed by atoms with Crippen molar-refractivity contribution in [2.75, 3.05) is 6.54 Å². The third-order valence-corrected chi connectivity index (χ3v) is 3.93. The Kier molecular flexibility index (Phi) is 1.83. The number of hydrogen-bond acceptors (Lipinski definition) is 3. The Hall–Kier alpha value is -0.900. The standard InChI is InChI=1S/C10H16N4/c11-5-8-6-1-3-9-10(13-14-12-9)4-2-7(6)8/h6-8H,1-5,11H2,(H,12,13,14)/t6-,7+,8-. The van der Waals surface area contributed by atoms with Gasteiger partial charge in [-0.05, 0) is 50.0 Å². The van der Waals surface area contributed by atoms with Gasteiger partial charge in [0, 0.05) is 0 Å². The predicted octanol–water partition coefficient (Wildman–Crippen LogP) is 0.504. The molecule has 3 rings (SSSR count). The number of nitrogens with two attached hydrogens (primary N) is 1. The van der Waals surface area contributed by atoms with Gasteiger partial charge in [-0.2, -0.15) is 0 Å². The van der Waals surface area contributed by atoms with E-state index in [4.69, 9.17) is 5.73 Å². The summed E-state index contributed by atoms with van der Waals surface area (Å²) in [6.07, 6.45) is 4.72. The van der Waals surface area contributed by atoms with Crippen molar-refractivity contribution in [3.63, 3.8) is 0 Å². The quantitative estimate of drug-likeness (QED) is 0.681. The zero-order chi connectivity index (χ0) is 9.54. The summed E-state index contributed by atoms with van der Waals surface area (Å²) in [6.45, 7) is 0.870. The number of aryl methyl sites for hydroxylation is 2. The first kappa shape index (κ1) is 8.41. The van der Waals surface area contributed by atoms with E-state index in [0.29, 0.717) is 0 Å². The minimum atomic E-state index is 0.798. The van der Waals surface area contributed by atoms with E-state index in [1.54, 1.807) is 0 Å². The van der Waals surface area contributed by atoms with Gasteiger partial charge in [0.15, 0.2) is 0 Å². The maximum absolute atomic E-state index is 5.74. The van der Waals surface area contributed by atoms with Crippen LogP contribution < -0.4 is 5.73 Å². The number of hydrogen-bond donors (Lipinski definition) is 2. The number of fused-ring (bicyclic) bond motifs is 2. The van der Waals surface area contributed by atoms with Crippen LogP contribution in [0.5, 0.6) is 0 Å². The second-order valence-corrected chi connectivity index (χ2v) is 4.54. The average molecular weight is 192 g/mol. The van der Waals surface area contributed by atoms with Gasteiger partial charge in [0.1, 0.15) is 0 Å². The number of nitrogens with one attached hydrogen (secondary N) is 1. The number of aromatic amines is 1. The van der Waals surface area contributed by atoms with Gasteiger partial charge in [0.05, 0.1) is 11.4 Å². The molecule has 1 aromatic rings. The van der Waals surface area contributed by atoms with Crippen molar-refractivity contribution in [3.05, 3.63) is 11.4 Å². The van der Waals surface area contributed by atoms with E-state index < -0.39 is 0 Å². The lowest BCUT2D eigenvalue weighted by molar-refractivity contribution is 0.579. The van der Waals surface area contributed by atoms with E-state index in [0.717, 1.165) is 37.1 Å². The van der Waals surface area contributed by atoms with Crippen molar-refractivity contribution in [2.24, 2.45) is 23.5 Å². The third-order valence-electron chi connectivity index (χ3n) is 3.93. The first-order chi connectivity index (χ1) is 6.90. The molecule has 1 aromatic heterocycles. The minimum Gasteiger partial charge on any atom is -0.330 e. The smallest absolute Gasteiger partial charge is 0.0856 e. The summed E-state index contributed by atoms with van der Waals surface area (Å²) in [7, 11) is 0. The van der Waals surface area contributed by atoms with Crippen molar-refractivity contribution in [1.29, 1.82) is 0 Å². The summed E-state index contributed by atoms with van der Waals surface area (Å²) in [5, 5.41) is 11.0. The molecule has 14 heavy (non-hydrogen) atoms. The van der Waals surface area contributed by atoms with Gasteiger partial charge in [-0.15, -0.1) is 5.10 Å². The van der Waals surface area contributed by atoms with Gasteiger partial charge < -0.3 is 5.73 Å². The second-order valence-electron chi connectivity index (χ2n) is 4.54. The normalized spacial score (nSPS) is 35.4. The lowest BCUT2D eigenvalue weighted by Crippen LogP contribution is -2.03. The van der Waals surface area contributed by atoms with Crippen LogP contribution in [-0.2, 0) is 12.8 Å². The van der Waals surface area contributed by atoms with E-state index >= 15 is 0 Å². The molecular formula is C10H16N4. The molecule has 0 saturated heterocycles. The van der Waals surface area contributed by atoms with E-state index in [1.807, 2.05) is 0 Å². The van der Waals surface area contributed by atoms with Crippen molar-refractivity contribution >= 4 is 0 Å². The highest BCUT2D eigenvalue weighted by atomic mass is 15.3. The molecule has 0 radical (unpaired) electrons. The SMILES string of the molecule is NC[C@H]1[C@H]2CCc3nn[nH]c3CC[C@@H]12. The highest BCUT2D eigenvalue weighted by Gasteiger charge is 2.48. The molecule has 2 aliphatic rings. The van der Waals surface area contributed by atoms with Gasteiger partial charge in [0.2, 0.25) is 0 Å². The summed E-state index contributed by atoms with van der Waals surface area (Å²) >= 11 is 0. The summed E-state index contributed by atoms with van der Waals surface area (Å²) in [5.74, 6) is 2.56. The fourth-order valence-corrected chi connectivity index (χ4v) is 3.02. The lowest BCUT2D eigenvalue weighted by atomic mass is 10.0. The molecule has 0 unspecified atom stereocenters. The van der Waals surface area contributed by atoms with Crippen LogP contribution >= 0.6 is 0 Å². The molecule has 0 spiro atoms. The molecular weight excluding hydrogens is 176 g/mol. The molecule has 0 aromatic carbocycles. The van der Waals surface area contributed by atoms with Crippen LogP contribution in [0.15, 0.2) is 0 Å². The van der Waals surface area contributed by atoms with Gasteiger partial charge in [-0.25, -0.2) is 0 Å². The minimum absolute atomic E-state index is 0.798. The van der Waals surface area contributed by atoms with Gasteiger partial charge in [0.25, 0.3) is 0 Å². The zero-order valence-corrected chi connectivity index (χ0v) is 8.24. The molecule has 3 atom stereocenters. The zero-order valence-electron chi connectivity index (χ0n) is 8.24. The molecule has 0 amide bonds. The molecule has 4 heteroatoms. The second kappa shape index (κ2) is 3.05. The van der Waals surface area contributed by atoms with Crippen LogP contribution in [-0.4, -0.2) is 22.0 Å². The molecule has 2 aliphatic carbocycles. The van der Waals surface area contributed by atoms with Gasteiger partial charge in [-0.1, -0.05) is 5.21 Å². The number of H-pyrrole nitrogens is 1. The lowest BCUT2D eigenvalue weighted by Gasteiger charge is -2.05. The highest BCUT2D eigenvalue weighted by Crippen LogP contribution is 2.51. The Morgan fingerprint density at radius 1 is 1.29 bits per heavy atom. The maximum Gasteiger partial charge on any atom is 0.0856 e. The Morgan fingerprint density at radius 2 is 2.07 bits per heavy atom. The topological polar surface area (TPSA) is 67.6 Å². The Balaban J connectivity index is 1.77. The summed E-state index contributed by atoms with van der Waals surface area (Å²) in [6, 6.07) is 0. The molecule has 3 N–H and O–H groups in total. The fourth-order valence-electron chi connectivity index (χ4n) is 3.02. The molecule has 4 nitrogen and oxygen atoms in total. The van der Waals surface area contributed by atoms with Crippen molar-refractivity contribution < 1.29 is 0 Å². The first-order valence-corrected chi connectivity index (χ1v) is 5.49. The number of rotatable bonds is 1. The van der Waals surface area contributed by atoms with Crippen LogP contribution in [0.4, 0.5) is 0 Å². The van der Waals surface area contributed by atoms with Gasteiger partial charge in [-0.3, -0.25) is 5.10 Å². The van der Waals surface area contributed by atoms with Crippen LogP contribution in [0.3, 0.4) is 0 Å². The van der Waals surface area contributed by atoms with Crippen molar-refractivity contribution in [2.45, 2.75) is 25.7 Å². The van der Waals surface area contributed by atoms with Crippen LogP contribution in [0.1, 0.15) is 24.2 Å². The van der Waals surface area contributed by atoms with Crippen LogP contribution in [0.25, 0.3) is 0 Å². The Labute approximate surface area is 83.3 Å². The first-order valence-electron chi connectivity index (χ1n) is 5.49. The Bertz CT molecular complexity index is 304. The molecule has 0 aliphatic heterocycles. The molecule has 76 valence electrons. The largest absolute Gasteiger partial charge is 0.330 e. The van der Waals surface area contributed by atoms with E-state index in [9.17, 15) is 0 Å². The monoisotopic (exact) mass is 192 g/mol. The average Bonchev–Trinajstić information content (AvgIpc) is 2.65. The van der Waals surface area contributed by atoms with E-state index in [2.05, 4.69) is 15.4 Å². The molecule has 1 heterocycles. The van der Waals surface area contributed by atoms with Crippen LogP contribution in [0.2, 0.25) is 0 Å². The molecule has 1 saturated carbocycles. The predicted molar refractivity (Wildman–Crippen MR) is 52.5 cm³/mol. The van der Waals surface area contributed by atoms with Crippen molar-refractivity contribution in [1.82, 2.24) is 15.4 Å². The van der Waals surface area contributed by atoms with Crippen molar-refractivity contribution in [3.8, 4) is 0 Å². The third kappa shape index (κ3) is 1.17. The molecule has 1 fully saturated rings. The molecule has 0 bridgehead atoms. The van der Waals surface area contributed by atoms with Crippen LogP contribution in [0, 0.1) is 17.8 Å². The summed E-state index contributed by atoms with van der Waals surface area (Å²) in [4.78, 5) is 0. The van der Waals surface area contributed by atoms with E-state index in [1.165, 1.54) is 24.2 Å². The maximum atomic E-state index is 5.74. The fraction of sp³-hybridized carbons (Fsp3) is 0.800. The highest BCUT2D eigenvalue weighted by molar-refractivity contribution is 5.13. The van der Waals surface area contributed by atoms with Gasteiger partial charge >= 0.3 is 0 Å². The Morgan fingerprint density at radius 3 is 2.86 bits per heavy atom.